The van der Waals surface area contributed by atoms with Crippen LogP contribution in [-0.2, 0) is 6.61 Å². The molecule has 1 aliphatic rings. The van der Waals surface area contributed by atoms with E-state index in [-0.39, 0.29) is 6.61 Å². The summed E-state index contributed by atoms with van der Waals surface area (Å²) in [6.07, 6.45) is 8.95. The zero-order valence-electron chi connectivity index (χ0n) is 22.0. The van der Waals surface area contributed by atoms with Crippen LogP contribution in [-0.4, -0.2) is 69.2 Å². The number of rotatable bonds is 10. The first-order chi connectivity index (χ1) is 17.7. The first kappa shape index (κ1) is 27.0. The highest BCUT2D eigenvalue weighted by molar-refractivity contribution is 6.33. The number of anilines is 2. The third kappa shape index (κ3) is 6.82. The molecular formula is C26H35ClN6O4. The Hall–Kier alpha value is -3.08. The first-order valence-corrected chi connectivity index (χ1v) is 12.7. The Morgan fingerprint density at radius 1 is 1.11 bits per heavy atom. The van der Waals surface area contributed by atoms with E-state index >= 15 is 0 Å². The minimum Gasteiger partial charge on any atom is -0.496 e. The molecule has 1 aromatic carbocycles. The molecule has 1 saturated heterocycles. The van der Waals surface area contributed by atoms with Crippen LogP contribution in [0.4, 0.5) is 11.6 Å². The van der Waals surface area contributed by atoms with Gasteiger partial charge in [-0.1, -0.05) is 11.6 Å². The van der Waals surface area contributed by atoms with Gasteiger partial charge in [-0.25, -0.2) is 9.97 Å². The van der Waals surface area contributed by atoms with Gasteiger partial charge in [-0.05, 0) is 39.2 Å². The Morgan fingerprint density at radius 3 is 2.41 bits per heavy atom. The molecule has 2 aromatic heterocycles. The van der Waals surface area contributed by atoms with Crippen molar-refractivity contribution in [2.75, 3.05) is 39.2 Å². The monoisotopic (exact) mass is 530 g/mol. The minimum absolute atomic E-state index is 0.218. The summed E-state index contributed by atoms with van der Waals surface area (Å²) in [5.41, 5.74) is 1.80. The summed E-state index contributed by atoms with van der Waals surface area (Å²) in [4.78, 5) is 11.0. The third-order valence-electron chi connectivity index (χ3n) is 6.42. The lowest BCUT2D eigenvalue weighted by molar-refractivity contribution is 0.0246. The van der Waals surface area contributed by atoms with Gasteiger partial charge in [0.05, 0.1) is 55.2 Å². The van der Waals surface area contributed by atoms with E-state index in [9.17, 15) is 5.11 Å². The fraction of sp³-hybridized carbons (Fsp3) is 0.500. The van der Waals surface area contributed by atoms with Gasteiger partial charge in [0.2, 0.25) is 5.95 Å². The summed E-state index contributed by atoms with van der Waals surface area (Å²) in [5.74, 6) is 2.16. The zero-order valence-corrected chi connectivity index (χ0v) is 22.7. The average Bonchev–Trinajstić information content (AvgIpc) is 3.33. The zero-order chi connectivity index (χ0) is 26.6. The molecule has 1 aliphatic heterocycles. The second-order valence-electron chi connectivity index (χ2n) is 9.88. The van der Waals surface area contributed by atoms with Crippen LogP contribution in [0.2, 0.25) is 5.02 Å². The molecule has 200 valence electrons. The topological polar surface area (TPSA) is 107 Å². The lowest BCUT2D eigenvalue weighted by Gasteiger charge is -2.35. The van der Waals surface area contributed by atoms with Crippen LogP contribution in [0.1, 0.15) is 43.9 Å². The summed E-state index contributed by atoms with van der Waals surface area (Å²) < 4.78 is 18.7. The number of nitrogens with one attached hydrogen (secondary N) is 1. The fourth-order valence-electron chi connectivity index (χ4n) is 4.52. The number of benzene rings is 1. The Labute approximate surface area is 222 Å². The molecule has 0 saturated carbocycles. The molecule has 3 aromatic rings. The molecule has 1 fully saturated rings. The normalized spacial score (nSPS) is 15.0. The molecule has 2 N–H and O–H groups in total. The molecule has 4 rings (SSSR count). The highest BCUT2D eigenvalue weighted by Gasteiger charge is 2.25. The highest BCUT2D eigenvalue weighted by atomic mass is 35.5. The lowest BCUT2D eigenvalue weighted by atomic mass is 10.0. The predicted molar refractivity (Wildman–Crippen MR) is 142 cm³/mol. The molecule has 0 amide bonds. The van der Waals surface area contributed by atoms with Crippen LogP contribution in [0.3, 0.4) is 0 Å². The number of likely N-dealkylation sites (tertiary alicyclic amines) is 1. The number of aliphatic hydroxyl groups is 1. The smallest absolute Gasteiger partial charge is 0.227 e. The van der Waals surface area contributed by atoms with Gasteiger partial charge in [-0.2, -0.15) is 5.10 Å². The predicted octanol–water partition coefficient (Wildman–Crippen LogP) is 4.38. The summed E-state index contributed by atoms with van der Waals surface area (Å²) in [5, 5.41) is 18.3. The molecule has 11 heteroatoms. The lowest BCUT2D eigenvalue weighted by Crippen LogP contribution is -2.43. The van der Waals surface area contributed by atoms with Gasteiger partial charge in [-0.15, -0.1) is 0 Å². The standard InChI is InChI=1S/C26H35ClN6O4/c1-17-21(24(27)23(36-5)10-22(17)35-4)15-37-20-12-28-25(29-13-20)31-18-11-30-33(14-18)19-6-8-32(9-7-19)16-26(2,3)34/h10-14,19,34H,6-9,15-16H2,1-5H3,(H,28,29,31). The number of β-amino-alcohol motifs (C(OH)–C–C–N with tert-alkyl or cyclic N) is 1. The van der Waals surface area contributed by atoms with Gasteiger partial charge >= 0.3 is 0 Å². The summed E-state index contributed by atoms with van der Waals surface area (Å²) in [7, 11) is 3.16. The van der Waals surface area contributed by atoms with E-state index in [1.165, 1.54) is 0 Å². The van der Waals surface area contributed by atoms with Gasteiger partial charge in [0.1, 0.15) is 18.1 Å². The summed E-state index contributed by atoms with van der Waals surface area (Å²) >= 11 is 6.49. The van der Waals surface area contributed by atoms with Crippen molar-refractivity contribution in [3.63, 3.8) is 0 Å². The second kappa shape index (κ2) is 11.5. The van der Waals surface area contributed by atoms with Gasteiger partial charge in [0.25, 0.3) is 0 Å². The number of aromatic nitrogens is 4. The Bertz CT molecular complexity index is 1160. The molecule has 3 heterocycles. The number of halogens is 1. The number of hydrogen-bond acceptors (Lipinski definition) is 9. The number of nitrogens with zero attached hydrogens (tertiary/aromatic N) is 5. The third-order valence-corrected chi connectivity index (χ3v) is 6.83. The van der Waals surface area contributed by atoms with E-state index in [1.54, 1.807) is 38.9 Å². The van der Waals surface area contributed by atoms with Gasteiger partial charge in [0.15, 0.2) is 5.75 Å². The van der Waals surface area contributed by atoms with E-state index in [4.69, 9.17) is 25.8 Å². The molecule has 0 unspecified atom stereocenters. The maximum atomic E-state index is 10.1. The maximum absolute atomic E-state index is 10.1. The van der Waals surface area contributed by atoms with Gasteiger partial charge < -0.3 is 29.5 Å². The van der Waals surface area contributed by atoms with Crippen molar-refractivity contribution in [2.45, 2.75) is 51.9 Å². The molecule has 0 radical (unpaired) electrons. The van der Waals surface area contributed by atoms with E-state index in [0.29, 0.717) is 40.8 Å². The average molecular weight is 531 g/mol. The number of methoxy groups -OCH3 is 2. The molecule has 10 nitrogen and oxygen atoms in total. The van der Waals surface area contributed by atoms with E-state index < -0.39 is 5.60 Å². The van der Waals surface area contributed by atoms with E-state index in [0.717, 1.165) is 42.7 Å². The summed E-state index contributed by atoms with van der Waals surface area (Å²) in [6, 6.07) is 2.09. The van der Waals surface area contributed by atoms with Crippen molar-refractivity contribution >= 4 is 23.2 Å². The van der Waals surface area contributed by atoms with Crippen LogP contribution < -0.4 is 19.5 Å². The minimum atomic E-state index is -0.676. The molecule has 0 spiro atoms. The number of piperidine rings is 1. The fourth-order valence-corrected chi connectivity index (χ4v) is 4.84. The maximum Gasteiger partial charge on any atom is 0.227 e. The first-order valence-electron chi connectivity index (χ1n) is 12.3. The number of hydrogen-bond donors (Lipinski definition) is 2. The van der Waals surface area contributed by atoms with Gasteiger partial charge in [-0.3, -0.25) is 4.68 Å². The van der Waals surface area contributed by atoms with Crippen molar-refractivity contribution in [3.8, 4) is 17.2 Å². The van der Waals surface area contributed by atoms with Crippen LogP contribution >= 0.6 is 11.6 Å². The van der Waals surface area contributed by atoms with Crippen LogP contribution in [0.25, 0.3) is 0 Å². The van der Waals surface area contributed by atoms with Crippen LogP contribution in [0.15, 0.2) is 30.9 Å². The SMILES string of the molecule is COc1cc(OC)c(Cl)c(COc2cnc(Nc3cnn(C4CCN(CC(C)(C)O)CC4)c3)nc2)c1C. The van der Waals surface area contributed by atoms with Crippen molar-refractivity contribution in [1.82, 2.24) is 24.6 Å². The van der Waals surface area contributed by atoms with Gasteiger partial charge in [0, 0.05) is 37.5 Å². The van der Waals surface area contributed by atoms with E-state index in [2.05, 4.69) is 25.3 Å². The molecular weight excluding hydrogens is 496 g/mol. The number of ether oxygens (including phenoxy) is 3. The largest absolute Gasteiger partial charge is 0.496 e. The highest BCUT2D eigenvalue weighted by Crippen LogP contribution is 2.37. The van der Waals surface area contributed by atoms with Crippen molar-refractivity contribution in [2.24, 2.45) is 0 Å². The second-order valence-corrected chi connectivity index (χ2v) is 10.3. The molecule has 0 aliphatic carbocycles. The van der Waals surface area contributed by atoms with Crippen LogP contribution in [0, 0.1) is 6.92 Å². The molecule has 0 atom stereocenters. The Kier molecular flexibility index (Phi) is 8.41. The van der Waals surface area contributed by atoms with Crippen LogP contribution in [0.5, 0.6) is 17.2 Å². The molecule has 0 bridgehead atoms. The Morgan fingerprint density at radius 2 is 1.78 bits per heavy atom. The van der Waals surface area contributed by atoms with E-state index in [1.807, 2.05) is 31.6 Å². The Balaban J connectivity index is 1.32. The van der Waals surface area contributed by atoms with Crippen molar-refractivity contribution < 1.29 is 19.3 Å². The van der Waals surface area contributed by atoms with Crippen molar-refractivity contribution in [3.05, 3.63) is 47.0 Å². The molecule has 37 heavy (non-hydrogen) atoms. The van der Waals surface area contributed by atoms with Crippen molar-refractivity contribution in [1.29, 1.82) is 0 Å². The summed E-state index contributed by atoms with van der Waals surface area (Å²) in [6.45, 7) is 8.40. The quantitative estimate of drug-likeness (QED) is 0.395.